The fourth-order valence-electron chi connectivity index (χ4n) is 3.06. The fourth-order valence-corrected chi connectivity index (χ4v) is 3.06. The minimum Gasteiger partial charge on any atom is -0.452 e. The molecule has 0 radical (unpaired) electrons. The molecule has 1 aliphatic rings. The molecule has 7 nitrogen and oxygen atoms in total. The molecule has 1 N–H and O–H groups in total. The number of anilines is 1. The van der Waals surface area contributed by atoms with Crippen molar-refractivity contribution in [2.45, 2.75) is 25.4 Å². The van der Waals surface area contributed by atoms with E-state index < -0.39 is 46.5 Å². The molecule has 0 spiro atoms. The van der Waals surface area contributed by atoms with Crippen LogP contribution in [0.25, 0.3) is 0 Å². The number of halogens is 3. The summed E-state index contributed by atoms with van der Waals surface area (Å²) in [6.45, 7) is -0.742. The van der Waals surface area contributed by atoms with Crippen molar-refractivity contribution in [1.82, 2.24) is 0 Å². The van der Waals surface area contributed by atoms with Crippen LogP contribution in [0.15, 0.2) is 36.4 Å². The number of esters is 1. The number of carbonyl (C=O) groups is 2. The van der Waals surface area contributed by atoms with Crippen LogP contribution in [0.2, 0.25) is 0 Å². The minimum atomic E-state index is -4.77. The summed E-state index contributed by atoms with van der Waals surface area (Å²) in [6.07, 6.45) is -1.96. The van der Waals surface area contributed by atoms with Crippen LogP contribution in [0.3, 0.4) is 0 Å². The van der Waals surface area contributed by atoms with E-state index in [1.807, 2.05) is 6.07 Å². The maximum Gasteiger partial charge on any atom is 0.416 e. The van der Waals surface area contributed by atoms with E-state index in [0.29, 0.717) is 12.1 Å². The van der Waals surface area contributed by atoms with Crippen molar-refractivity contribution in [2.24, 2.45) is 0 Å². The molecule has 1 aliphatic carbocycles. The van der Waals surface area contributed by atoms with Gasteiger partial charge in [0.1, 0.15) is 5.69 Å². The van der Waals surface area contributed by atoms with Crippen molar-refractivity contribution in [3.63, 3.8) is 0 Å². The summed E-state index contributed by atoms with van der Waals surface area (Å²) in [7, 11) is 0. The van der Waals surface area contributed by atoms with Gasteiger partial charge in [-0.3, -0.25) is 14.9 Å². The highest BCUT2D eigenvalue weighted by atomic mass is 19.4. The summed E-state index contributed by atoms with van der Waals surface area (Å²) in [4.78, 5) is 34.0. The van der Waals surface area contributed by atoms with Crippen LogP contribution in [0.1, 0.15) is 33.5 Å². The average Bonchev–Trinajstić information content (AvgIpc) is 3.13. The molecule has 2 aromatic rings. The number of hydrogen-bond donors (Lipinski definition) is 1. The maximum absolute atomic E-state index is 12.7. The van der Waals surface area contributed by atoms with E-state index in [9.17, 15) is 32.9 Å². The standard InChI is InChI=1S/C19H15F3N2O5/c20-19(21,22)14-6-7-15(16(9-14)24(27)28)23-17(25)10-29-18(26)13-5-4-11-2-1-3-12(11)8-13/h4-9H,1-3,10H2,(H,23,25). The fraction of sp³-hybridized carbons (Fsp3) is 0.263. The largest absolute Gasteiger partial charge is 0.452 e. The summed E-state index contributed by atoms with van der Waals surface area (Å²) in [6, 6.07) is 6.82. The van der Waals surface area contributed by atoms with Crippen molar-refractivity contribution in [3.05, 3.63) is 68.8 Å². The minimum absolute atomic E-state index is 0.277. The van der Waals surface area contributed by atoms with E-state index in [4.69, 9.17) is 4.74 Å². The first-order chi connectivity index (χ1) is 13.6. The van der Waals surface area contributed by atoms with Gasteiger partial charge in [-0.1, -0.05) is 6.07 Å². The number of nitrogens with one attached hydrogen (secondary N) is 1. The third-order valence-electron chi connectivity index (χ3n) is 4.46. The first-order valence-corrected chi connectivity index (χ1v) is 8.59. The Bertz CT molecular complexity index is 988. The summed E-state index contributed by atoms with van der Waals surface area (Å²) < 4.78 is 43.0. The van der Waals surface area contributed by atoms with Gasteiger partial charge in [0.2, 0.25) is 0 Å². The molecule has 152 valence electrons. The number of aryl methyl sites for hydroxylation is 2. The molecule has 0 bridgehead atoms. The Kier molecular flexibility index (Phi) is 5.53. The van der Waals surface area contributed by atoms with Crippen LogP contribution >= 0.6 is 0 Å². The van der Waals surface area contributed by atoms with E-state index in [1.165, 1.54) is 0 Å². The molecule has 2 aromatic carbocycles. The smallest absolute Gasteiger partial charge is 0.416 e. The first-order valence-electron chi connectivity index (χ1n) is 8.59. The third kappa shape index (κ3) is 4.71. The average molecular weight is 408 g/mol. The van der Waals surface area contributed by atoms with Gasteiger partial charge in [-0.25, -0.2) is 4.79 Å². The van der Waals surface area contributed by atoms with Crippen LogP contribution in [0.4, 0.5) is 24.5 Å². The highest BCUT2D eigenvalue weighted by Crippen LogP contribution is 2.35. The van der Waals surface area contributed by atoms with Crippen molar-refractivity contribution in [2.75, 3.05) is 11.9 Å². The lowest BCUT2D eigenvalue weighted by molar-refractivity contribution is -0.384. The number of alkyl halides is 3. The van der Waals surface area contributed by atoms with Crippen molar-refractivity contribution in [1.29, 1.82) is 0 Å². The number of amides is 1. The molecule has 0 heterocycles. The Labute approximate surface area is 162 Å². The normalized spacial score (nSPS) is 12.9. The quantitative estimate of drug-likeness (QED) is 0.460. The van der Waals surface area contributed by atoms with Gasteiger partial charge in [0, 0.05) is 6.07 Å². The third-order valence-corrected chi connectivity index (χ3v) is 4.46. The van der Waals surface area contributed by atoms with Crippen LogP contribution in [-0.4, -0.2) is 23.4 Å². The first kappa shape index (κ1) is 20.3. The Balaban J connectivity index is 1.65. The van der Waals surface area contributed by atoms with E-state index in [1.54, 1.807) is 12.1 Å². The number of nitro groups is 1. The number of ether oxygens (including phenoxy) is 1. The molecule has 0 aliphatic heterocycles. The number of benzene rings is 2. The van der Waals surface area contributed by atoms with Gasteiger partial charge in [-0.2, -0.15) is 13.2 Å². The van der Waals surface area contributed by atoms with E-state index >= 15 is 0 Å². The van der Waals surface area contributed by atoms with Gasteiger partial charge in [-0.05, 0) is 54.7 Å². The molecule has 10 heteroatoms. The molecule has 0 unspecified atom stereocenters. The molecular formula is C19H15F3N2O5. The topological polar surface area (TPSA) is 98.5 Å². The van der Waals surface area contributed by atoms with Crippen molar-refractivity contribution >= 4 is 23.3 Å². The molecule has 0 aromatic heterocycles. The molecule has 0 saturated heterocycles. The van der Waals surface area contributed by atoms with Gasteiger partial charge >= 0.3 is 12.1 Å². The van der Waals surface area contributed by atoms with Gasteiger partial charge in [0.05, 0.1) is 16.1 Å². The number of hydrogen-bond acceptors (Lipinski definition) is 5. The number of nitrogens with zero attached hydrogens (tertiary/aromatic N) is 1. The van der Waals surface area contributed by atoms with Gasteiger partial charge in [0.15, 0.2) is 6.61 Å². The summed E-state index contributed by atoms with van der Waals surface area (Å²) in [5, 5.41) is 13.1. The molecule has 29 heavy (non-hydrogen) atoms. The lowest BCUT2D eigenvalue weighted by atomic mass is 10.1. The maximum atomic E-state index is 12.7. The summed E-state index contributed by atoms with van der Waals surface area (Å²) >= 11 is 0. The highest BCUT2D eigenvalue weighted by Gasteiger charge is 2.33. The molecule has 1 amide bonds. The Morgan fingerprint density at radius 1 is 1.10 bits per heavy atom. The van der Waals surface area contributed by atoms with Crippen LogP contribution in [-0.2, 0) is 28.5 Å². The van der Waals surface area contributed by atoms with Gasteiger partial charge in [-0.15, -0.1) is 0 Å². The number of rotatable bonds is 5. The van der Waals surface area contributed by atoms with E-state index in [2.05, 4.69) is 5.32 Å². The highest BCUT2D eigenvalue weighted by molar-refractivity contribution is 5.97. The molecule has 0 fully saturated rings. The van der Waals surface area contributed by atoms with E-state index in [-0.39, 0.29) is 5.56 Å². The van der Waals surface area contributed by atoms with E-state index in [0.717, 1.165) is 36.5 Å². The predicted octanol–water partition coefficient (Wildman–Crippen LogP) is 3.90. The van der Waals surface area contributed by atoms with Gasteiger partial charge in [0.25, 0.3) is 11.6 Å². The van der Waals surface area contributed by atoms with Crippen LogP contribution in [0, 0.1) is 10.1 Å². The van der Waals surface area contributed by atoms with Crippen LogP contribution in [0.5, 0.6) is 0 Å². The second kappa shape index (κ2) is 7.90. The number of fused-ring (bicyclic) bond motifs is 1. The van der Waals surface area contributed by atoms with Crippen molar-refractivity contribution < 1.29 is 32.4 Å². The van der Waals surface area contributed by atoms with Crippen LogP contribution < -0.4 is 5.32 Å². The second-order valence-corrected chi connectivity index (χ2v) is 6.45. The lowest BCUT2D eigenvalue weighted by Crippen LogP contribution is -2.21. The zero-order valence-corrected chi connectivity index (χ0v) is 14.9. The number of nitro benzene ring substituents is 1. The Morgan fingerprint density at radius 3 is 2.52 bits per heavy atom. The zero-order valence-electron chi connectivity index (χ0n) is 14.9. The molecule has 0 atom stereocenters. The lowest BCUT2D eigenvalue weighted by Gasteiger charge is -2.10. The zero-order chi connectivity index (χ0) is 21.2. The Morgan fingerprint density at radius 2 is 1.83 bits per heavy atom. The predicted molar refractivity (Wildman–Crippen MR) is 95.5 cm³/mol. The second-order valence-electron chi connectivity index (χ2n) is 6.45. The van der Waals surface area contributed by atoms with Gasteiger partial charge < -0.3 is 10.1 Å². The molecule has 3 rings (SSSR count). The number of carbonyl (C=O) groups excluding carboxylic acids is 2. The summed E-state index contributed by atoms with van der Waals surface area (Å²) in [5.41, 5.74) is -0.0814. The Hall–Kier alpha value is -3.43. The SMILES string of the molecule is O=C(COC(=O)c1ccc2c(c1)CCC2)Nc1ccc(C(F)(F)F)cc1[N+](=O)[O-]. The molecular weight excluding hydrogens is 393 g/mol. The monoisotopic (exact) mass is 408 g/mol. The van der Waals surface area contributed by atoms with Crippen molar-refractivity contribution in [3.8, 4) is 0 Å². The molecule has 0 saturated carbocycles. The summed E-state index contributed by atoms with van der Waals surface area (Å²) in [5.74, 6) is -1.65.